The molecular formula is C27H30N2O7S. The van der Waals surface area contributed by atoms with E-state index < -0.39 is 28.5 Å². The number of anilines is 1. The van der Waals surface area contributed by atoms with Crippen molar-refractivity contribution in [1.29, 1.82) is 0 Å². The van der Waals surface area contributed by atoms with Gasteiger partial charge in [0.2, 0.25) is 5.91 Å². The molecule has 1 aliphatic heterocycles. The van der Waals surface area contributed by atoms with Gasteiger partial charge in [0.15, 0.2) is 23.0 Å². The molecule has 0 unspecified atom stereocenters. The number of rotatable bonds is 9. The molecule has 0 saturated heterocycles. The van der Waals surface area contributed by atoms with Crippen molar-refractivity contribution in [3.8, 4) is 23.0 Å². The molecule has 10 heteroatoms. The third-order valence-corrected chi connectivity index (χ3v) is 7.78. The first kappa shape index (κ1) is 26.2. The van der Waals surface area contributed by atoms with Gasteiger partial charge < -0.3 is 24.3 Å². The van der Waals surface area contributed by atoms with Crippen LogP contribution in [0.1, 0.15) is 24.1 Å². The molecule has 1 amide bonds. The number of carbonyl (C=O) groups is 1. The second-order valence-electron chi connectivity index (χ2n) is 8.56. The molecule has 0 radical (unpaired) electrons. The van der Waals surface area contributed by atoms with Gasteiger partial charge >= 0.3 is 0 Å². The van der Waals surface area contributed by atoms with Gasteiger partial charge in [-0.3, -0.25) is 9.10 Å². The largest absolute Gasteiger partial charge is 0.493 e. The summed E-state index contributed by atoms with van der Waals surface area (Å²) in [4.78, 5) is 13.2. The number of ether oxygens (including phenoxy) is 4. The van der Waals surface area contributed by atoms with Gasteiger partial charge in [0, 0.05) is 6.07 Å². The van der Waals surface area contributed by atoms with Crippen LogP contribution < -0.4 is 28.6 Å². The number of hydrogen-bond donors (Lipinski definition) is 1. The lowest BCUT2D eigenvalue weighted by atomic mass is 10.1. The Morgan fingerprint density at radius 2 is 1.62 bits per heavy atom. The van der Waals surface area contributed by atoms with Crippen LogP contribution in [0.2, 0.25) is 0 Å². The van der Waals surface area contributed by atoms with Gasteiger partial charge in [0.05, 0.1) is 30.8 Å². The molecular weight excluding hydrogens is 496 g/mol. The van der Waals surface area contributed by atoms with Gasteiger partial charge in [-0.25, -0.2) is 8.42 Å². The summed E-state index contributed by atoms with van der Waals surface area (Å²) in [6, 6.07) is 16.2. The molecule has 37 heavy (non-hydrogen) atoms. The first-order valence-corrected chi connectivity index (χ1v) is 13.2. The van der Waals surface area contributed by atoms with Gasteiger partial charge in [0.25, 0.3) is 10.0 Å². The number of fused-ring (bicyclic) bond motifs is 1. The summed E-state index contributed by atoms with van der Waals surface area (Å²) in [5.41, 5.74) is 1.99. The molecule has 196 valence electrons. The Hall–Kier alpha value is -3.92. The summed E-state index contributed by atoms with van der Waals surface area (Å²) < 4.78 is 50.3. The molecule has 0 spiro atoms. The lowest BCUT2D eigenvalue weighted by Crippen LogP contribution is -2.41. The fraction of sp³-hybridized carbons (Fsp3) is 0.296. The SMILES string of the molecule is COc1ccc(N(CC(=O)N[C@H](C)c2ccc3c(c2)OCCO3)S(=O)(=O)c2ccc(C)cc2)cc1OC. The maximum atomic E-state index is 13.7. The summed E-state index contributed by atoms with van der Waals surface area (Å²) in [5.74, 6) is 1.56. The van der Waals surface area contributed by atoms with E-state index in [2.05, 4.69) is 5.32 Å². The molecule has 0 saturated carbocycles. The molecule has 4 rings (SSSR count). The van der Waals surface area contributed by atoms with E-state index in [4.69, 9.17) is 18.9 Å². The van der Waals surface area contributed by atoms with Crippen molar-refractivity contribution in [2.24, 2.45) is 0 Å². The molecule has 0 fully saturated rings. The number of nitrogens with zero attached hydrogens (tertiary/aromatic N) is 1. The first-order chi connectivity index (χ1) is 17.7. The molecule has 9 nitrogen and oxygen atoms in total. The van der Waals surface area contributed by atoms with Gasteiger partial charge in [-0.1, -0.05) is 23.8 Å². The third-order valence-electron chi connectivity index (χ3n) is 6.00. The van der Waals surface area contributed by atoms with Gasteiger partial charge in [-0.15, -0.1) is 0 Å². The second kappa shape index (κ2) is 11.0. The number of amides is 1. The fourth-order valence-electron chi connectivity index (χ4n) is 3.96. The van der Waals surface area contributed by atoms with Crippen LogP contribution in [0.5, 0.6) is 23.0 Å². The lowest BCUT2D eigenvalue weighted by molar-refractivity contribution is -0.120. The lowest BCUT2D eigenvalue weighted by Gasteiger charge is -2.26. The minimum Gasteiger partial charge on any atom is -0.493 e. The summed E-state index contributed by atoms with van der Waals surface area (Å²) in [6.07, 6.45) is 0. The number of benzene rings is 3. The number of carbonyl (C=O) groups excluding carboxylic acids is 1. The summed E-state index contributed by atoms with van der Waals surface area (Å²) >= 11 is 0. The monoisotopic (exact) mass is 526 g/mol. The molecule has 3 aromatic carbocycles. The number of methoxy groups -OCH3 is 2. The molecule has 0 aromatic heterocycles. The van der Waals surface area contributed by atoms with Crippen LogP contribution in [-0.2, 0) is 14.8 Å². The average molecular weight is 527 g/mol. The normalized spacial score (nSPS) is 13.4. The molecule has 1 N–H and O–H groups in total. The standard InChI is InChI=1S/C27H30N2O7S/c1-18-5-9-22(10-6-18)37(31,32)29(21-8-12-23(33-3)25(16-21)34-4)17-27(30)28-19(2)20-7-11-24-26(15-20)36-14-13-35-24/h5-12,15-16,19H,13-14,17H2,1-4H3,(H,28,30)/t19-/m1/s1. The predicted octanol–water partition coefficient (Wildman–Crippen LogP) is 3.86. The Balaban J connectivity index is 1.62. The van der Waals surface area contributed by atoms with Gasteiger partial charge in [0.1, 0.15) is 19.8 Å². The second-order valence-corrected chi connectivity index (χ2v) is 10.4. The van der Waals surface area contributed by atoms with Crippen LogP contribution >= 0.6 is 0 Å². The molecule has 1 atom stereocenters. The van der Waals surface area contributed by atoms with Crippen LogP contribution in [0.3, 0.4) is 0 Å². The highest BCUT2D eigenvalue weighted by atomic mass is 32.2. The Kier molecular flexibility index (Phi) is 7.77. The van der Waals surface area contributed by atoms with E-state index in [1.165, 1.54) is 32.4 Å². The number of sulfonamides is 1. The van der Waals surface area contributed by atoms with Gasteiger partial charge in [-0.05, 0) is 55.8 Å². The Labute approximate surface area is 217 Å². The van der Waals surface area contributed by atoms with E-state index >= 15 is 0 Å². The maximum Gasteiger partial charge on any atom is 0.264 e. The summed E-state index contributed by atoms with van der Waals surface area (Å²) in [5, 5.41) is 2.89. The van der Waals surface area contributed by atoms with E-state index in [9.17, 15) is 13.2 Å². The smallest absolute Gasteiger partial charge is 0.264 e. The van der Waals surface area contributed by atoms with Crippen LogP contribution in [0.15, 0.2) is 65.6 Å². The van der Waals surface area contributed by atoms with Crippen LogP contribution in [0.25, 0.3) is 0 Å². The predicted molar refractivity (Wildman–Crippen MR) is 139 cm³/mol. The van der Waals surface area contributed by atoms with Crippen LogP contribution in [-0.4, -0.2) is 48.3 Å². The van der Waals surface area contributed by atoms with Crippen molar-refractivity contribution in [3.63, 3.8) is 0 Å². The third kappa shape index (κ3) is 5.75. The zero-order chi connectivity index (χ0) is 26.6. The zero-order valence-corrected chi connectivity index (χ0v) is 22.0. The Bertz CT molecular complexity index is 1370. The summed E-state index contributed by atoms with van der Waals surface area (Å²) in [6.45, 7) is 4.18. The fourth-order valence-corrected chi connectivity index (χ4v) is 5.38. The molecule has 1 heterocycles. The van der Waals surface area contributed by atoms with E-state index in [1.54, 1.807) is 30.3 Å². The van der Waals surface area contributed by atoms with Crippen molar-refractivity contribution in [2.45, 2.75) is 24.8 Å². The number of nitrogens with one attached hydrogen (secondary N) is 1. The minimum atomic E-state index is -4.08. The minimum absolute atomic E-state index is 0.0700. The van der Waals surface area contributed by atoms with Gasteiger partial charge in [-0.2, -0.15) is 0 Å². The van der Waals surface area contributed by atoms with Crippen molar-refractivity contribution >= 4 is 21.6 Å². The van der Waals surface area contributed by atoms with E-state index in [1.807, 2.05) is 26.0 Å². The number of aryl methyl sites for hydroxylation is 1. The Morgan fingerprint density at radius 1 is 0.946 bits per heavy atom. The summed E-state index contributed by atoms with van der Waals surface area (Å²) in [7, 11) is -1.13. The van der Waals surface area contributed by atoms with Crippen molar-refractivity contribution < 1.29 is 32.2 Å². The topological polar surface area (TPSA) is 103 Å². The Morgan fingerprint density at radius 3 is 2.30 bits per heavy atom. The van der Waals surface area contributed by atoms with Crippen molar-refractivity contribution in [2.75, 3.05) is 38.3 Å². The van der Waals surface area contributed by atoms with E-state index in [0.717, 1.165) is 15.4 Å². The van der Waals surface area contributed by atoms with E-state index in [-0.39, 0.29) is 10.6 Å². The highest BCUT2D eigenvalue weighted by Crippen LogP contribution is 2.35. The zero-order valence-electron chi connectivity index (χ0n) is 21.2. The maximum absolute atomic E-state index is 13.7. The highest BCUT2D eigenvalue weighted by Gasteiger charge is 2.29. The molecule has 0 bridgehead atoms. The van der Waals surface area contributed by atoms with E-state index in [0.29, 0.717) is 36.2 Å². The average Bonchev–Trinajstić information content (AvgIpc) is 2.91. The highest BCUT2D eigenvalue weighted by molar-refractivity contribution is 7.92. The number of hydrogen-bond acceptors (Lipinski definition) is 7. The van der Waals surface area contributed by atoms with Crippen molar-refractivity contribution in [1.82, 2.24) is 5.32 Å². The quantitative estimate of drug-likeness (QED) is 0.452. The van der Waals surface area contributed by atoms with Crippen LogP contribution in [0, 0.1) is 6.92 Å². The van der Waals surface area contributed by atoms with Crippen molar-refractivity contribution in [3.05, 3.63) is 71.8 Å². The molecule has 3 aromatic rings. The molecule has 1 aliphatic rings. The van der Waals surface area contributed by atoms with Crippen LogP contribution in [0.4, 0.5) is 5.69 Å². The molecule has 0 aliphatic carbocycles. The first-order valence-electron chi connectivity index (χ1n) is 11.7.